The number of carbonyl (C=O) groups is 1. The topological polar surface area (TPSA) is 111 Å². The molecule has 0 saturated heterocycles. The van der Waals surface area contributed by atoms with Crippen molar-refractivity contribution in [1.29, 1.82) is 0 Å². The summed E-state index contributed by atoms with van der Waals surface area (Å²) in [4.78, 5) is 20.2. The van der Waals surface area contributed by atoms with E-state index in [9.17, 15) is 4.79 Å². The molecule has 1 aliphatic carbocycles. The summed E-state index contributed by atoms with van der Waals surface area (Å²) < 4.78 is 2.60. The Morgan fingerprint density at radius 2 is 2.33 bits per heavy atom. The maximum absolute atomic E-state index is 11.5. The zero-order valence-corrected chi connectivity index (χ0v) is 15.4. The molecule has 2 aromatic rings. The van der Waals surface area contributed by atoms with Crippen LogP contribution in [0, 0.1) is 12.3 Å². The van der Waals surface area contributed by atoms with E-state index in [1.807, 2.05) is 27.0 Å². The summed E-state index contributed by atoms with van der Waals surface area (Å²) in [5, 5.41) is 10.8. The number of halogens is 1. The molecule has 2 atom stereocenters. The first-order valence-electron chi connectivity index (χ1n) is 7.74. The fraction of sp³-hybridized carbons (Fsp3) is 0.467. The van der Waals surface area contributed by atoms with Crippen molar-refractivity contribution >= 4 is 39.3 Å². The van der Waals surface area contributed by atoms with Crippen LogP contribution in [-0.4, -0.2) is 32.2 Å². The first-order chi connectivity index (χ1) is 11.3. The standard InChI is InChI=1S/C15H20BrN7O/c1-4-18-12-9(16)6-19-14(21-12)20-10-7-23(22-8(10)2)11-5-15(11,3)13(17)24/h6-7,11H,4-5H2,1-3H3,(H2,17,24)(H2,18,19,20,21). The number of primary amides is 1. The maximum atomic E-state index is 11.5. The van der Waals surface area contributed by atoms with Crippen LogP contribution < -0.4 is 16.4 Å². The van der Waals surface area contributed by atoms with Crippen molar-refractivity contribution < 1.29 is 4.79 Å². The number of carbonyl (C=O) groups excluding carboxylic acids is 1. The van der Waals surface area contributed by atoms with Crippen molar-refractivity contribution in [2.75, 3.05) is 17.2 Å². The highest BCUT2D eigenvalue weighted by Gasteiger charge is 2.57. The number of anilines is 3. The third-order valence-electron chi connectivity index (χ3n) is 4.33. The van der Waals surface area contributed by atoms with Gasteiger partial charge in [0.05, 0.1) is 27.3 Å². The van der Waals surface area contributed by atoms with Crippen LogP contribution in [0.15, 0.2) is 16.9 Å². The van der Waals surface area contributed by atoms with Gasteiger partial charge < -0.3 is 16.4 Å². The molecule has 1 amide bonds. The number of nitrogens with one attached hydrogen (secondary N) is 2. The predicted molar refractivity (Wildman–Crippen MR) is 95.1 cm³/mol. The van der Waals surface area contributed by atoms with Crippen molar-refractivity contribution in [2.45, 2.75) is 33.2 Å². The first kappa shape index (κ1) is 16.7. The minimum atomic E-state index is -0.512. The monoisotopic (exact) mass is 393 g/mol. The molecule has 0 bridgehead atoms. The van der Waals surface area contributed by atoms with Gasteiger partial charge in [-0.15, -0.1) is 0 Å². The lowest BCUT2D eigenvalue weighted by Crippen LogP contribution is -2.24. The maximum Gasteiger partial charge on any atom is 0.229 e. The zero-order chi connectivity index (χ0) is 17.5. The van der Waals surface area contributed by atoms with Crippen molar-refractivity contribution in [2.24, 2.45) is 11.1 Å². The van der Waals surface area contributed by atoms with Gasteiger partial charge >= 0.3 is 0 Å². The quantitative estimate of drug-likeness (QED) is 0.694. The molecule has 2 aromatic heterocycles. The second kappa shape index (κ2) is 6.04. The number of nitrogens with zero attached hydrogens (tertiary/aromatic N) is 4. The normalized spacial score (nSPS) is 22.2. The largest absolute Gasteiger partial charge is 0.369 e. The van der Waals surface area contributed by atoms with E-state index in [1.165, 1.54) is 0 Å². The summed E-state index contributed by atoms with van der Waals surface area (Å²) in [5.41, 5.74) is 6.56. The smallest absolute Gasteiger partial charge is 0.229 e. The number of hydrogen-bond acceptors (Lipinski definition) is 6. The summed E-state index contributed by atoms with van der Waals surface area (Å²) in [7, 11) is 0. The number of aryl methyl sites for hydroxylation is 1. The molecule has 24 heavy (non-hydrogen) atoms. The molecule has 3 rings (SSSR count). The molecule has 0 aliphatic heterocycles. The molecule has 1 aliphatic rings. The number of rotatable bonds is 6. The van der Waals surface area contributed by atoms with Crippen molar-refractivity contribution in [1.82, 2.24) is 19.7 Å². The SMILES string of the molecule is CCNc1nc(Nc2cn(C3CC3(C)C(N)=O)nc2C)ncc1Br. The van der Waals surface area contributed by atoms with Gasteiger partial charge in [-0.05, 0) is 43.1 Å². The van der Waals surface area contributed by atoms with E-state index in [2.05, 4.69) is 41.6 Å². The zero-order valence-electron chi connectivity index (χ0n) is 13.8. The lowest BCUT2D eigenvalue weighted by Gasteiger charge is -2.08. The molecule has 2 unspecified atom stereocenters. The van der Waals surface area contributed by atoms with Crippen LogP contribution in [0.3, 0.4) is 0 Å². The molecule has 1 saturated carbocycles. The Morgan fingerprint density at radius 3 is 2.96 bits per heavy atom. The highest BCUT2D eigenvalue weighted by molar-refractivity contribution is 9.10. The molecule has 9 heteroatoms. The third kappa shape index (κ3) is 2.95. The van der Waals surface area contributed by atoms with Gasteiger partial charge in [-0.25, -0.2) is 4.98 Å². The lowest BCUT2D eigenvalue weighted by molar-refractivity contribution is -0.122. The Kier molecular flexibility index (Phi) is 4.20. The summed E-state index contributed by atoms with van der Waals surface area (Å²) in [5.74, 6) is 0.912. The van der Waals surface area contributed by atoms with Crippen molar-refractivity contribution in [3.05, 3.63) is 22.6 Å². The van der Waals surface area contributed by atoms with E-state index in [0.717, 1.165) is 28.2 Å². The van der Waals surface area contributed by atoms with Crippen LogP contribution in [0.5, 0.6) is 0 Å². The van der Waals surface area contributed by atoms with Gasteiger partial charge in [-0.3, -0.25) is 9.48 Å². The highest BCUT2D eigenvalue weighted by Crippen LogP contribution is 2.55. The fourth-order valence-corrected chi connectivity index (χ4v) is 2.93. The van der Waals surface area contributed by atoms with E-state index in [1.54, 1.807) is 10.9 Å². The van der Waals surface area contributed by atoms with E-state index in [-0.39, 0.29) is 11.9 Å². The molecule has 2 heterocycles. The first-order valence-corrected chi connectivity index (χ1v) is 8.53. The molecular formula is C15H20BrN7O. The molecule has 4 N–H and O–H groups in total. The van der Waals surface area contributed by atoms with Crippen LogP contribution in [0.1, 0.15) is 32.0 Å². The highest BCUT2D eigenvalue weighted by atomic mass is 79.9. The van der Waals surface area contributed by atoms with Crippen LogP contribution in [0.25, 0.3) is 0 Å². The van der Waals surface area contributed by atoms with Gasteiger partial charge in [-0.1, -0.05) is 0 Å². The molecule has 0 radical (unpaired) electrons. The predicted octanol–water partition coefficient (Wildman–Crippen LogP) is 2.36. The Balaban J connectivity index is 1.80. The minimum Gasteiger partial charge on any atom is -0.369 e. The van der Waals surface area contributed by atoms with Crippen molar-refractivity contribution in [3.8, 4) is 0 Å². The summed E-state index contributed by atoms with van der Waals surface area (Å²) in [6.07, 6.45) is 4.27. The Labute approximate surface area is 148 Å². The second-order valence-electron chi connectivity index (χ2n) is 6.16. The number of amides is 1. The van der Waals surface area contributed by atoms with E-state index in [4.69, 9.17) is 5.73 Å². The van der Waals surface area contributed by atoms with Gasteiger partial charge in [-0.2, -0.15) is 10.1 Å². The van der Waals surface area contributed by atoms with Crippen LogP contribution in [0.4, 0.5) is 17.5 Å². The summed E-state index contributed by atoms with van der Waals surface area (Å²) in [6.45, 7) is 6.53. The molecule has 128 valence electrons. The molecule has 0 aromatic carbocycles. The molecule has 8 nitrogen and oxygen atoms in total. The fourth-order valence-electron chi connectivity index (χ4n) is 2.60. The Morgan fingerprint density at radius 1 is 1.58 bits per heavy atom. The van der Waals surface area contributed by atoms with Crippen LogP contribution in [-0.2, 0) is 4.79 Å². The van der Waals surface area contributed by atoms with E-state index in [0.29, 0.717) is 12.4 Å². The molecule has 0 spiro atoms. The lowest BCUT2D eigenvalue weighted by atomic mass is 10.1. The van der Waals surface area contributed by atoms with E-state index < -0.39 is 5.41 Å². The van der Waals surface area contributed by atoms with Gasteiger partial charge in [0.15, 0.2) is 0 Å². The van der Waals surface area contributed by atoms with Crippen LogP contribution >= 0.6 is 15.9 Å². The number of hydrogen-bond donors (Lipinski definition) is 3. The second-order valence-corrected chi connectivity index (χ2v) is 7.01. The molecular weight excluding hydrogens is 374 g/mol. The Hall–Kier alpha value is -2.16. The third-order valence-corrected chi connectivity index (χ3v) is 4.91. The number of aromatic nitrogens is 4. The van der Waals surface area contributed by atoms with Gasteiger partial charge in [0.1, 0.15) is 5.82 Å². The van der Waals surface area contributed by atoms with Gasteiger partial charge in [0.2, 0.25) is 11.9 Å². The average Bonchev–Trinajstić information content (AvgIpc) is 3.10. The van der Waals surface area contributed by atoms with Gasteiger partial charge in [0.25, 0.3) is 0 Å². The van der Waals surface area contributed by atoms with Crippen LogP contribution in [0.2, 0.25) is 0 Å². The molecule has 1 fully saturated rings. The van der Waals surface area contributed by atoms with Crippen molar-refractivity contribution in [3.63, 3.8) is 0 Å². The summed E-state index contributed by atoms with van der Waals surface area (Å²) >= 11 is 3.41. The minimum absolute atomic E-state index is 0.00686. The van der Waals surface area contributed by atoms with E-state index >= 15 is 0 Å². The summed E-state index contributed by atoms with van der Waals surface area (Å²) in [6, 6.07) is 0.00686. The average molecular weight is 394 g/mol. The van der Waals surface area contributed by atoms with Gasteiger partial charge in [0, 0.05) is 18.9 Å². The Bertz CT molecular complexity index is 790. The number of nitrogens with two attached hydrogens (primary N) is 1.